The van der Waals surface area contributed by atoms with E-state index in [2.05, 4.69) is 0 Å². The lowest BCUT2D eigenvalue weighted by atomic mass is 10.2. The number of aryl methyl sites for hydroxylation is 1. The van der Waals surface area contributed by atoms with E-state index in [4.69, 9.17) is 17.3 Å². The number of hydrogen-bond acceptors (Lipinski definition) is 3. The summed E-state index contributed by atoms with van der Waals surface area (Å²) in [6.07, 6.45) is 1.84. The second-order valence-electron chi connectivity index (χ2n) is 4.25. The highest BCUT2D eigenvalue weighted by Gasteiger charge is 2.28. The third-order valence-corrected chi connectivity index (χ3v) is 5.35. The highest BCUT2D eigenvalue weighted by atomic mass is 35.5. The Bertz CT molecular complexity index is 537. The van der Waals surface area contributed by atoms with Crippen molar-refractivity contribution in [3.63, 3.8) is 0 Å². The van der Waals surface area contributed by atoms with Crippen LogP contribution in [-0.4, -0.2) is 25.8 Å². The van der Waals surface area contributed by atoms with Crippen molar-refractivity contribution >= 4 is 27.3 Å². The first-order chi connectivity index (χ1) is 7.93. The molecule has 0 spiro atoms. The highest BCUT2D eigenvalue weighted by molar-refractivity contribution is 7.89. The fraction of sp³-hybridized carbons (Fsp3) is 0.455. The third kappa shape index (κ3) is 2.27. The van der Waals surface area contributed by atoms with Gasteiger partial charge in [-0.1, -0.05) is 11.6 Å². The zero-order valence-electron chi connectivity index (χ0n) is 9.61. The Morgan fingerprint density at radius 3 is 2.47 bits per heavy atom. The molecule has 0 aliphatic carbocycles. The number of rotatable bonds is 2. The zero-order chi connectivity index (χ0) is 12.6. The lowest BCUT2D eigenvalue weighted by molar-refractivity contribution is 0.477. The summed E-state index contributed by atoms with van der Waals surface area (Å²) >= 11 is 5.86. The van der Waals surface area contributed by atoms with Crippen molar-refractivity contribution in [3.8, 4) is 0 Å². The van der Waals surface area contributed by atoms with Crippen molar-refractivity contribution in [1.82, 2.24) is 4.31 Å². The molecule has 0 saturated carbocycles. The van der Waals surface area contributed by atoms with Gasteiger partial charge in [0, 0.05) is 13.1 Å². The molecule has 1 aliphatic rings. The van der Waals surface area contributed by atoms with Gasteiger partial charge in [0.25, 0.3) is 0 Å². The van der Waals surface area contributed by atoms with E-state index in [1.165, 1.54) is 10.4 Å². The van der Waals surface area contributed by atoms with Crippen LogP contribution in [0, 0.1) is 6.92 Å². The quantitative estimate of drug-likeness (QED) is 0.839. The summed E-state index contributed by atoms with van der Waals surface area (Å²) in [5.41, 5.74) is 6.61. The van der Waals surface area contributed by atoms with E-state index in [1.54, 1.807) is 13.0 Å². The van der Waals surface area contributed by atoms with Gasteiger partial charge in [0.15, 0.2) is 0 Å². The molecule has 0 radical (unpaired) electrons. The molecule has 0 unspecified atom stereocenters. The summed E-state index contributed by atoms with van der Waals surface area (Å²) in [4.78, 5) is 0.265. The van der Waals surface area contributed by atoms with E-state index >= 15 is 0 Å². The number of hydrogen-bond donors (Lipinski definition) is 1. The van der Waals surface area contributed by atoms with Crippen molar-refractivity contribution in [2.24, 2.45) is 0 Å². The highest BCUT2D eigenvalue weighted by Crippen LogP contribution is 2.29. The van der Waals surface area contributed by atoms with E-state index in [-0.39, 0.29) is 4.90 Å². The van der Waals surface area contributed by atoms with Gasteiger partial charge in [0.1, 0.15) is 0 Å². The summed E-state index contributed by atoms with van der Waals surface area (Å²) < 4.78 is 26.2. The third-order valence-electron chi connectivity index (χ3n) is 2.98. The van der Waals surface area contributed by atoms with Crippen LogP contribution in [0.25, 0.3) is 0 Å². The maximum absolute atomic E-state index is 12.3. The van der Waals surface area contributed by atoms with Gasteiger partial charge in [-0.15, -0.1) is 0 Å². The van der Waals surface area contributed by atoms with Crippen LogP contribution in [-0.2, 0) is 10.0 Å². The molecular weight excluding hydrogens is 260 g/mol. The molecule has 0 bridgehead atoms. The molecule has 17 heavy (non-hydrogen) atoms. The molecule has 1 heterocycles. The zero-order valence-corrected chi connectivity index (χ0v) is 11.2. The van der Waals surface area contributed by atoms with E-state index < -0.39 is 10.0 Å². The number of nitrogens with two attached hydrogens (primary N) is 1. The van der Waals surface area contributed by atoms with Crippen LogP contribution < -0.4 is 5.73 Å². The Morgan fingerprint density at radius 1 is 1.29 bits per heavy atom. The Hall–Kier alpha value is -0.780. The average molecular weight is 275 g/mol. The predicted octanol–water partition coefficient (Wildman–Crippen LogP) is 2.02. The number of anilines is 1. The van der Waals surface area contributed by atoms with Gasteiger partial charge < -0.3 is 5.73 Å². The molecule has 6 heteroatoms. The van der Waals surface area contributed by atoms with Crippen LogP contribution in [0.1, 0.15) is 18.4 Å². The second-order valence-corrected chi connectivity index (χ2v) is 6.56. The van der Waals surface area contributed by atoms with Crippen molar-refractivity contribution in [1.29, 1.82) is 0 Å². The topological polar surface area (TPSA) is 63.4 Å². The maximum atomic E-state index is 12.3. The van der Waals surface area contributed by atoms with E-state index in [0.29, 0.717) is 29.4 Å². The van der Waals surface area contributed by atoms with Gasteiger partial charge in [-0.05, 0) is 37.5 Å². The standard InChI is InChI=1S/C11H15ClN2O2S/c1-8-6-9(12)10(13)7-11(8)17(15,16)14-4-2-3-5-14/h6-7H,2-5,13H2,1H3. The molecule has 4 nitrogen and oxygen atoms in total. The van der Waals surface area contributed by atoms with Crippen LogP contribution in [0.5, 0.6) is 0 Å². The maximum Gasteiger partial charge on any atom is 0.243 e. The summed E-state index contributed by atoms with van der Waals surface area (Å²) in [6, 6.07) is 3.05. The fourth-order valence-corrected chi connectivity index (χ4v) is 3.99. The number of nitrogen functional groups attached to an aromatic ring is 1. The van der Waals surface area contributed by atoms with Gasteiger partial charge in [-0.25, -0.2) is 8.42 Å². The van der Waals surface area contributed by atoms with Gasteiger partial charge in [-0.3, -0.25) is 0 Å². The Kier molecular flexibility index (Phi) is 3.34. The van der Waals surface area contributed by atoms with E-state index in [1.807, 2.05) is 0 Å². The van der Waals surface area contributed by atoms with Crippen molar-refractivity contribution < 1.29 is 8.42 Å². The molecule has 0 aromatic heterocycles. The summed E-state index contributed by atoms with van der Waals surface area (Å²) in [5, 5.41) is 0.392. The minimum Gasteiger partial charge on any atom is -0.397 e. The molecule has 0 atom stereocenters. The van der Waals surface area contributed by atoms with E-state index in [9.17, 15) is 8.42 Å². The molecular formula is C11H15ClN2O2S. The molecule has 94 valence electrons. The second kappa shape index (κ2) is 4.48. The summed E-state index contributed by atoms with van der Waals surface area (Å²) in [7, 11) is -3.41. The monoisotopic (exact) mass is 274 g/mol. The molecule has 1 aromatic rings. The molecule has 2 N–H and O–H groups in total. The number of sulfonamides is 1. The first kappa shape index (κ1) is 12.7. The molecule has 2 rings (SSSR count). The van der Waals surface area contributed by atoms with Crippen molar-refractivity contribution in [2.75, 3.05) is 18.8 Å². The largest absolute Gasteiger partial charge is 0.397 e. The minimum absolute atomic E-state index is 0.265. The molecule has 1 fully saturated rings. The van der Waals surface area contributed by atoms with Crippen LogP contribution >= 0.6 is 11.6 Å². The SMILES string of the molecule is Cc1cc(Cl)c(N)cc1S(=O)(=O)N1CCCC1. The Morgan fingerprint density at radius 2 is 1.88 bits per heavy atom. The normalized spacial score (nSPS) is 17.5. The Labute approximate surface area is 106 Å². The minimum atomic E-state index is -3.41. The van der Waals surface area contributed by atoms with Gasteiger partial charge >= 0.3 is 0 Å². The molecule has 0 amide bonds. The molecule has 1 aliphatic heterocycles. The van der Waals surface area contributed by atoms with Crippen molar-refractivity contribution in [3.05, 3.63) is 22.7 Å². The van der Waals surface area contributed by atoms with Crippen LogP contribution in [0.2, 0.25) is 5.02 Å². The van der Waals surface area contributed by atoms with Gasteiger partial charge in [-0.2, -0.15) is 4.31 Å². The van der Waals surface area contributed by atoms with Gasteiger partial charge in [0.05, 0.1) is 15.6 Å². The average Bonchev–Trinajstić information content (AvgIpc) is 2.77. The first-order valence-corrected chi connectivity index (χ1v) is 7.30. The fourth-order valence-electron chi connectivity index (χ4n) is 2.01. The van der Waals surface area contributed by atoms with Gasteiger partial charge in [0.2, 0.25) is 10.0 Å². The lowest BCUT2D eigenvalue weighted by Crippen LogP contribution is -2.28. The first-order valence-electron chi connectivity index (χ1n) is 5.48. The van der Waals surface area contributed by atoms with Crippen molar-refractivity contribution in [2.45, 2.75) is 24.7 Å². The number of nitrogens with zero attached hydrogens (tertiary/aromatic N) is 1. The van der Waals surface area contributed by atoms with Crippen LogP contribution in [0.3, 0.4) is 0 Å². The summed E-state index contributed by atoms with van der Waals surface area (Å²) in [6.45, 7) is 2.91. The molecule has 1 saturated heterocycles. The summed E-state index contributed by atoms with van der Waals surface area (Å²) in [5.74, 6) is 0. The number of halogens is 1. The predicted molar refractivity (Wildman–Crippen MR) is 68.6 cm³/mol. The Balaban J connectivity index is 2.49. The number of benzene rings is 1. The van der Waals surface area contributed by atoms with Crippen LogP contribution in [0.15, 0.2) is 17.0 Å². The lowest BCUT2D eigenvalue weighted by Gasteiger charge is -2.17. The van der Waals surface area contributed by atoms with Crippen LogP contribution in [0.4, 0.5) is 5.69 Å². The van der Waals surface area contributed by atoms with E-state index in [0.717, 1.165) is 12.8 Å². The smallest absolute Gasteiger partial charge is 0.243 e. The molecule has 1 aromatic carbocycles.